The van der Waals surface area contributed by atoms with Crippen molar-refractivity contribution in [1.82, 2.24) is 25.2 Å². The molecule has 0 radical (unpaired) electrons. The number of aryl methyl sites for hydroxylation is 1. The molecule has 1 N–H and O–H groups in total. The van der Waals surface area contributed by atoms with Crippen LogP contribution < -0.4 is 0 Å². The second-order valence-electron chi connectivity index (χ2n) is 6.04. The summed E-state index contributed by atoms with van der Waals surface area (Å²) in [5, 5.41) is 11.2. The van der Waals surface area contributed by atoms with Crippen molar-refractivity contribution in [3.8, 4) is 0 Å². The third-order valence-corrected chi connectivity index (χ3v) is 4.43. The molecule has 1 atom stereocenters. The number of nitrogens with zero attached hydrogens (tertiary/aromatic N) is 4. The van der Waals surface area contributed by atoms with Crippen LogP contribution in [0.4, 0.5) is 0 Å². The van der Waals surface area contributed by atoms with Crippen molar-refractivity contribution < 1.29 is 9.32 Å². The fourth-order valence-electron chi connectivity index (χ4n) is 3.02. The molecule has 1 amide bonds. The molecule has 2 aliphatic rings. The largest absolute Gasteiger partial charge is 0.339 e. The molecular weight excluding hydrogens is 282 g/mol. The van der Waals surface area contributed by atoms with E-state index in [1.54, 1.807) is 0 Å². The van der Waals surface area contributed by atoms with Gasteiger partial charge in [0.05, 0.1) is 6.04 Å². The summed E-state index contributed by atoms with van der Waals surface area (Å²) in [5.41, 5.74) is 1.57. The Bertz CT molecular complexity index is 688. The van der Waals surface area contributed by atoms with E-state index >= 15 is 0 Å². The van der Waals surface area contributed by atoms with Crippen molar-refractivity contribution in [1.29, 1.82) is 0 Å². The Labute approximate surface area is 128 Å². The number of carbonyl (C=O) groups is 1. The van der Waals surface area contributed by atoms with Crippen molar-refractivity contribution in [2.45, 2.75) is 51.0 Å². The van der Waals surface area contributed by atoms with Crippen LogP contribution in [0.5, 0.6) is 0 Å². The van der Waals surface area contributed by atoms with Crippen LogP contribution in [0.2, 0.25) is 0 Å². The molecular formula is C15H19N5O2. The molecule has 2 aromatic rings. The minimum atomic E-state index is -0.0994. The van der Waals surface area contributed by atoms with E-state index in [0.29, 0.717) is 36.3 Å². The highest BCUT2D eigenvalue weighted by Crippen LogP contribution is 2.39. The third-order valence-electron chi connectivity index (χ3n) is 4.43. The molecule has 116 valence electrons. The lowest BCUT2D eigenvalue weighted by Gasteiger charge is -2.20. The van der Waals surface area contributed by atoms with Gasteiger partial charge in [0.25, 0.3) is 5.91 Å². The fourth-order valence-corrected chi connectivity index (χ4v) is 3.02. The van der Waals surface area contributed by atoms with E-state index in [2.05, 4.69) is 20.3 Å². The van der Waals surface area contributed by atoms with Gasteiger partial charge in [-0.25, -0.2) is 0 Å². The normalized spacial score (nSPS) is 21.5. The summed E-state index contributed by atoms with van der Waals surface area (Å²) < 4.78 is 5.18. The molecule has 0 spiro atoms. The van der Waals surface area contributed by atoms with Gasteiger partial charge in [-0.15, -0.1) is 0 Å². The van der Waals surface area contributed by atoms with Crippen molar-refractivity contribution >= 4 is 5.91 Å². The molecule has 1 saturated carbocycles. The molecule has 4 rings (SSSR count). The van der Waals surface area contributed by atoms with Crippen LogP contribution in [0.25, 0.3) is 0 Å². The van der Waals surface area contributed by atoms with Gasteiger partial charge in [-0.3, -0.25) is 9.89 Å². The summed E-state index contributed by atoms with van der Waals surface area (Å²) >= 11 is 0. The maximum atomic E-state index is 12.7. The van der Waals surface area contributed by atoms with Crippen LogP contribution >= 0.6 is 0 Å². The zero-order valence-corrected chi connectivity index (χ0v) is 12.6. The lowest BCUT2D eigenvalue weighted by molar-refractivity contribution is 0.0722. The highest BCUT2D eigenvalue weighted by Gasteiger charge is 2.35. The van der Waals surface area contributed by atoms with Crippen LogP contribution in [0.3, 0.4) is 0 Å². The van der Waals surface area contributed by atoms with Gasteiger partial charge >= 0.3 is 0 Å². The molecule has 0 aromatic carbocycles. The zero-order chi connectivity index (χ0) is 15.1. The quantitative estimate of drug-likeness (QED) is 0.935. The fraction of sp³-hybridized carbons (Fsp3) is 0.600. The number of H-pyrrole nitrogens is 1. The first kappa shape index (κ1) is 13.5. The van der Waals surface area contributed by atoms with Crippen LogP contribution in [0.1, 0.15) is 72.5 Å². The smallest absolute Gasteiger partial charge is 0.274 e. The van der Waals surface area contributed by atoms with Crippen molar-refractivity contribution in [3.05, 3.63) is 29.2 Å². The number of amides is 1. The maximum absolute atomic E-state index is 12.7. The molecule has 1 aliphatic carbocycles. The molecule has 7 nitrogen and oxygen atoms in total. The predicted octanol–water partition coefficient (Wildman–Crippen LogP) is 2.21. The molecule has 2 fully saturated rings. The number of likely N-dealkylation sites (tertiary alicyclic amines) is 1. The molecule has 7 heteroatoms. The Morgan fingerprint density at radius 3 is 3.05 bits per heavy atom. The average molecular weight is 301 g/mol. The minimum absolute atomic E-state index is 0.0477. The topological polar surface area (TPSA) is 87.9 Å². The van der Waals surface area contributed by atoms with E-state index in [1.165, 1.54) is 12.8 Å². The number of aromatic amines is 1. The summed E-state index contributed by atoms with van der Waals surface area (Å²) in [6.07, 6.45) is 4.90. The van der Waals surface area contributed by atoms with Gasteiger partial charge in [0.2, 0.25) is 5.89 Å². The first-order chi connectivity index (χ1) is 10.8. The average Bonchev–Trinajstić information content (AvgIpc) is 3.02. The van der Waals surface area contributed by atoms with Gasteiger partial charge in [0.15, 0.2) is 5.82 Å². The van der Waals surface area contributed by atoms with Crippen LogP contribution in [-0.4, -0.2) is 37.7 Å². The third kappa shape index (κ3) is 2.30. The molecule has 1 aliphatic heterocycles. The van der Waals surface area contributed by atoms with E-state index in [9.17, 15) is 4.79 Å². The van der Waals surface area contributed by atoms with Gasteiger partial charge in [0.1, 0.15) is 5.69 Å². The summed E-state index contributed by atoms with van der Waals surface area (Å²) in [7, 11) is 0. The van der Waals surface area contributed by atoms with Crippen molar-refractivity contribution in [2.75, 3.05) is 6.54 Å². The Kier molecular flexibility index (Phi) is 3.20. The standard InChI is InChI=1S/C15H19N5O2/c1-2-13-16-14(19-22-13)12-4-3-7-20(12)15(21)11-8-10(17-18-11)9-5-6-9/h8-9,12H,2-7H2,1H3,(H,17,18)/t12-/m0/s1. The molecule has 3 heterocycles. The SMILES string of the molecule is CCc1nc([C@@H]2CCCN2C(=O)c2cc(C3CC3)[nH]n2)no1. The highest BCUT2D eigenvalue weighted by molar-refractivity contribution is 5.92. The van der Waals surface area contributed by atoms with Gasteiger partial charge in [-0.1, -0.05) is 12.1 Å². The number of carbonyl (C=O) groups excluding carboxylic acids is 1. The van der Waals surface area contributed by atoms with Crippen LogP contribution in [0.15, 0.2) is 10.6 Å². The summed E-state index contributed by atoms with van der Waals surface area (Å²) in [6.45, 7) is 2.68. The first-order valence-electron chi connectivity index (χ1n) is 7.95. The molecule has 22 heavy (non-hydrogen) atoms. The summed E-state index contributed by atoms with van der Waals surface area (Å²) in [4.78, 5) is 18.9. The molecule has 0 bridgehead atoms. The summed E-state index contributed by atoms with van der Waals surface area (Å²) in [5.74, 6) is 1.74. The number of hydrogen-bond donors (Lipinski definition) is 1. The number of aromatic nitrogens is 4. The Morgan fingerprint density at radius 2 is 2.32 bits per heavy atom. The zero-order valence-electron chi connectivity index (χ0n) is 12.6. The Morgan fingerprint density at radius 1 is 1.45 bits per heavy atom. The Balaban J connectivity index is 1.55. The van der Waals surface area contributed by atoms with Crippen LogP contribution in [-0.2, 0) is 6.42 Å². The van der Waals surface area contributed by atoms with Gasteiger partial charge in [-0.05, 0) is 31.7 Å². The van der Waals surface area contributed by atoms with E-state index in [-0.39, 0.29) is 11.9 Å². The number of hydrogen-bond acceptors (Lipinski definition) is 5. The van der Waals surface area contributed by atoms with Gasteiger partial charge < -0.3 is 9.42 Å². The second kappa shape index (κ2) is 5.23. The van der Waals surface area contributed by atoms with Crippen molar-refractivity contribution in [3.63, 3.8) is 0 Å². The number of rotatable bonds is 4. The van der Waals surface area contributed by atoms with E-state index in [1.807, 2.05) is 17.9 Å². The summed E-state index contributed by atoms with van der Waals surface area (Å²) in [6, 6.07) is 1.79. The molecule has 1 saturated heterocycles. The van der Waals surface area contributed by atoms with Gasteiger partial charge in [-0.2, -0.15) is 10.1 Å². The lowest BCUT2D eigenvalue weighted by Crippen LogP contribution is -2.31. The number of nitrogens with one attached hydrogen (secondary N) is 1. The predicted molar refractivity (Wildman–Crippen MR) is 77.3 cm³/mol. The van der Waals surface area contributed by atoms with E-state index in [4.69, 9.17) is 4.52 Å². The molecule has 0 unspecified atom stereocenters. The maximum Gasteiger partial charge on any atom is 0.274 e. The Hall–Kier alpha value is -2.18. The van der Waals surface area contributed by atoms with Crippen molar-refractivity contribution in [2.24, 2.45) is 0 Å². The van der Waals surface area contributed by atoms with Gasteiger partial charge in [0, 0.05) is 24.6 Å². The molecule has 2 aromatic heterocycles. The highest BCUT2D eigenvalue weighted by atomic mass is 16.5. The van der Waals surface area contributed by atoms with Crippen LogP contribution in [0, 0.1) is 0 Å². The van der Waals surface area contributed by atoms with E-state index < -0.39 is 0 Å². The lowest BCUT2D eigenvalue weighted by atomic mass is 10.2. The minimum Gasteiger partial charge on any atom is -0.339 e. The second-order valence-corrected chi connectivity index (χ2v) is 6.04. The van der Waals surface area contributed by atoms with E-state index in [0.717, 1.165) is 18.5 Å². The first-order valence-corrected chi connectivity index (χ1v) is 7.95. The monoisotopic (exact) mass is 301 g/mol.